The monoisotopic (exact) mass is 377 g/mol. The highest BCUT2D eigenvalue weighted by Gasteiger charge is 2.13. The molecule has 1 heterocycles. The molecule has 118 valence electrons. The maximum Gasteiger partial charge on any atom is 0.150 e. The number of aldehydes is 1. The summed E-state index contributed by atoms with van der Waals surface area (Å²) in [6.07, 6.45) is 0.910. The van der Waals surface area contributed by atoms with Gasteiger partial charge in [-0.15, -0.1) is 0 Å². The van der Waals surface area contributed by atoms with Crippen LogP contribution in [-0.2, 0) is 6.54 Å². The largest absolute Gasteiger partial charge is 0.336 e. The van der Waals surface area contributed by atoms with E-state index in [9.17, 15) is 4.79 Å². The van der Waals surface area contributed by atoms with Crippen molar-refractivity contribution in [3.63, 3.8) is 0 Å². The van der Waals surface area contributed by atoms with Crippen LogP contribution in [0.3, 0.4) is 0 Å². The lowest BCUT2D eigenvalue weighted by molar-refractivity contribution is 0.112. The minimum Gasteiger partial charge on any atom is -0.336 e. The molecule has 0 amide bonds. The Morgan fingerprint density at radius 1 is 1.00 bits per heavy atom. The van der Waals surface area contributed by atoms with E-state index in [1.54, 1.807) is 0 Å². The maximum absolute atomic E-state index is 11.2. The summed E-state index contributed by atoms with van der Waals surface area (Å²) >= 11 is 3.49. The smallest absolute Gasteiger partial charge is 0.150 e. The Labute approximate surface area is 148 Å². The van der Waals surface area contributed by atoms with E-state index in [2.05, 4.69) is 76.0 Å². The van der Waals surface area contributed by atoms with E-state index in [0.29, 0.717) is 5.56 Å². The summed E-state index contributed by atoms with van der Waals surface area (Å²) < 4.78 is 3.43. The van der Waals surface area contributed by atoms with Crippen molar-refractivity contribution in [2.75, 3.05) is 0 Å². The lowest BCUT2D eigenvalue weighted by Crippen LogP contribution is -2.00. The van der Waals surface area contributed by atoms with E-state index in [1.165, 1.54) is 22.0 Å². The van der Waals surface area contributed by atoms with Crippen LogP contribution in [0.2, 0.25) is 0 Å². The molecule has 3 heteroatoms. The number of rotatable bonds is 3. The molecule has 0 N–H and O–H groups in total. The fraction of sp³-hybridized carbons (Fsp3) is 0.0952. The topological polar surface area (TPSA) is 22.0 Å². The second-order valence-electron chi connectivity index (χ2n) is 6.08. The van der Waals surface area contributed by atoms with E-state index in [1.807, 2.05) is 12.1 Å². The number of carbonyl (C=O) groups excluding carboxylic acids is 1. The highest BCUT2D eigenvalue weighted by molar-refractivity contribution is 9.10. The number of aryl methyl sites for hydroxylation is 1. The Hall–Kier alpha value is -2.39. The Morgan fingerprint density at radius 3 is 2.54 bits per heavy atom. The third kappa shape index (κ3) is 2.45. The van der Waals surface area contributed by atoms with Crippen molar-refractivity contribution in [2.45, 2.75) is 13.5 Å². The summed E-state index contributed by atoms with van der Waals surface area (Å²) in [6.45, 7) is 2.94. The van der Waals surface area contributed by atoms with Gasteiger partial charge in [-0.3, -0.25) is 4.79 Å². The molecule has 0 saturated heterocycles. The first kappa shape index (κ1) is 15.2. The molecule has 4 aromatic rings. The second-order valence-corrected chi connectivity index (χ2v) is 6.99. The molecule has 0 bridgehead atoms. The van der Waals surface area contributed by atoms with Crippen LogP contribution >= 0.6 is 15.9 Å². The lowest BCUT2D eigenvalue weighted by Gasteiger charge is -2.09. The standard InChI is InChI=1S/C21H16BrNO/c1-14-3-2-4-18-19-11-16(13-24)7-10-20(19)23(21(14)18)12-15-5-8-17(22)9-6-15/h2-11,13H,12H2,1H3. The van der Waals surface area contributed by atoms with Gasteiger partial charge >= 0.3 is 0 Å². The Bertz CT molecular complexity index is 1060. The summed E-state index contributed by atoms with van der Waals surface area (Å²) in [6, 6.07) is 20.7. The van der Waals surface area contributed by atoms with Gasteiger partial charge in [-0.25, -0.2) is 0 Å². The molecule has 24 heavy (non-hydrogen) atoms. The van der Waals surface area contributed by atoms with Crippen LogP contribution in [0.5, 0.6) is 0 Å². The van der Waals surface area contributed by atoms with Gasteiger partial charge in [0.2, 0.25) is 0 Å². The fourth-order valence-corrected chi connectivity index (χ4v) is 3.63. The van der Waals surface area contributed by atoms with Crippen molar-refractivity contribution < 1.29 is 4.79 Å². The van der Waals surface area contributed by atoms with Crippen LogP contribution in [-0.4, -0.2) is 10.9 Å². The summed E-state index contributed by atoms with van der Waals surface area (Å²) in [5.74, 6) is 0. The third-order valence-electron chi connectivity index (χ3n) is 4.50. The summed E-state index contributed by atoms with van der Waals surface area (Å²) in [5.41, 5.74) is 5.60. The third-order valence-corrected chi connectivity index (χ3v) is 5.03. The number of carbonyl (C=O) groups is 1. The molecule has 0 aliphatic heterocycles. The van der Waals surface area contributed by atoms with Crippen molar-refractivity contribution in [1.82, 2.24) is 4.57 Å². The highest BCUT2D eigenvalue weighted by atomic mass is 79.9. The molecule has 0 atom stereocenters. The van der Waals surface area contributed by atoms with Crippen LogP contribution in [0.15, 0.2) is 65.1 Å². The predicted molar refractivity (Wildman–Crippen MR) is 103 cm³/mol. The van der Waals surface area contributed by atoms with E-state index in [0.717, 1.165) is 28.2 Å². The van der Waals surface area contributed by atoms with Crippen molar-refractivity contribution in [3.05, 3.63) is 81.8 Å². The number of nitrogens with zero attached hydrogens (tertiary/aromatic N) is 1. The van der Waals surface area contributed by atoms with Gasteiger partial charge in [-0.05, 0) is 48.4 Å². The number of aromatic nitrogens is 1. The number of benzene rings is 3. The first-order valence-electron chi connectivity index (χ1n) is 7.88. The molecule has 0 radical (unpaired) electrons. The molecule has 0 spiro atoms. The first-order chi connectivity index (χ1) is 11.7. The SMILES string of the molecule is Cc1cccc2c3cc(C=O)ccc3n(Cc3ccc(Br)cc3)c12. The number of para-hydroxylation sites is 1. The van der Waals surface area contributed by atoms with Crippen molar-refractivity contribution in [1.29, 1.82) is 0 Å². The zero-order valence-corrected chi connectivity index (χ0v) is 14.9. The Morgan fingerprint density at radius 2 is 1.79 bits per heavy atom. The van der Waals surface area contributed by atoms with E-state index >= 15 is 0 Å². The predicted octanol–water partition coefficient (Wildman–Crippen LogP) is 5.73. The Kier molecular flexibility index (Phi) is 3.73. The minimum atomic E-state index is 0.715. The van der Waals surface area contributed by atoms with Gasteiger partial charge < -0.3 is 4.57 Å². The summed E-state index contributed by atoms with van der Waals surface area (Å²) in [4.78, 5) is 11.2. The number of hydrogen-bond acceptors (Lipinski definition) is 1. The second kappa shape index (κ2) is 5.91. The van der Waals surface area contributed by atoms with Gasteiger partial charge in [0.05, 0.1) is 5.52 Å². The Balaban J connectivity index is 2.01. The number of halogens is 1. The van der Waals surface area contributed by atoms with Crippen molar-refractivity contribution >= 4 is 44.0 Å². The van der Waals surface area contributed by atoms with Crippen molar-refractivity contribution in [2.24, 2.45) is 0 Å². The molecular weight excluding hydrogens is 362 g/mol. The average molecular weight is 378 g/mol. The van der Waals surface area contributed by atoms with Gasteiger partial charge in [0.1, 0.15) is 6.29 Å². The molecule has 0 unspecified atom stereocenters. The van der Waals surface area contributed by atoms with Gasteiger partial charge in [0.25, 0.3) is 0 Å². The maximum atomic E-state index is 11.2. The number of fused-ring (bicyclic) bond motifs is 3. The number of hydrogen-bond donors (Lipinski definition) is 0. The molecule has 0 fully saturated rings. The van der Waals surface area contributed by atoms with Gasteiger partial charge in [0.15, 0.2) is 0 Å². The normalized spacial score (nSPS) is 11.2. The van der Waals surface area contributed by atoms with Gasteiger partial charge in [-0.2, -0.15) is 0 Å². The molecule has 4 rings (SSSR count). The first-order valence-corrected chi connectivity index (χ1v) is 8.68. The molecule has 2 nitrogen and oxygen atoms in total. The minimum absolute atomic E-state index is 0.715. The highest BCUT2D eigenvalue weighted by Crippen LogP contribution is 2.32. The molecule has 0 saturated carbocycles. The van der Waals surface area contributed by atoms with Crippen LogP contribution < -0.4 is 0 Å². The average Bonchev–Trinajstić information content (AvgIpc) is 2.91. The van der Waals surface area contributed by atoms with E-state index in [-0.39, 0.29) is 0 Å². The van der Waals surface area contributed by atoms with Crippen LogP contribution in [0.25, 0.3) is 21.8 Å². The van der Waals surface area contributed by atoms with Crippen LogP contribution in [0.1, 0.15) is 21.5 Å². The zero-order valence-electron chi connectivity index (χ0n) is 13.3. The molecule has 0 aliphatic carbocycles. The zero-order chi connectivity index (χ0) is 16.7. The quantitative estimate of drug-likeness (QED) is 0.418. The van der Waals surface area contributed by atoms with E-state index in [4.69, 9.17) is 0 Å². The lowest BCUT2D eigenvalue weighted by atomic mass is 10.1. The molecule has 3 aromatic carbocycles. The molecular formula is C21H16BrNO. The van der Waals surface area contributed by atoms with Crippen LogP contribution in [0.4, 0.5) is 0 Å². The van der Waals surface area contributed by atoms with E-state index < -0.39 is 0 Å². The molecule has 1 aromatic heterocycles. The summed E-state index contributed by atoms with van der Waals surface area (Å²) in [5, 5.41) is 2.33. The van der Waals surface area contributed by atoms with Gasteiger partial charge in [-0.1, -0.05) is 46.3 Å². The summed E-state index contributed by atoms with van der Waals surface area (Å²) in [7, 11) is 0. The van der Waals surface area contributed by atoms with Crippen molar-refractivity contribution in [3.8, 4) is 0 Å². The van der Waals surface area contributed by atoms with Crippen LogP contribution in [0, 0.1) is 6.92 Å². The fourth-order valence-electron chi connectivity index (χ4n) is 3.37. The van der Waals surface area contributed by atoms with Gasteiger partial charge in [0, 0.05) is 32.9 Å². The molecule has 0 aliphatic rings.